The minimum atomic E-state index is -0.750. The van der Waals surface area contributed by atoms with Crippen molar-refractivity contribution in [2.75, 3.05) is 0 Å². The van der Waals surface area contributed by atoms with Crippen LogP contribution in [-0.4, -0.2) is 21.4 Å². The highest BCUT2D eigenvalue weighted by molar-refractivity contribution is 8.14. The lowest BCUT2D eigenvalue weighted by Crippen LogP contribution is -2.08. The molecule has 0 aliphatic rings. The Bertz CT molecular complexity index is 216. The quantitative estimate of drug-likeness (QED) is 0.677. The van der Waals surface area contributed by atoms with E-state index in [2.05, 4.69) is 6.92 Å². The summed E-state index contributed by atoms with van der Waals surface area (Å²) in [5.74, 6) is -0.750. The summed E-state index contributed by atoms with van der Waals surface area (Å²) in [5.41, 5.74) is 0. The van der Waals surface area contributed by atoms with Crippen molar-refractivity contribution in [2.24, 2.45) is 0 Å². The van der Waals surface area contributed by atoms with Crippen molar-refractivity contribution in [1.82, 2.24) is 0 Å². The summed E-state index contributed by atoms with van der Waals surface area (Å²) < 4.78 is 0. The Morgan fingerprint density at radius 1 is 1.12 bits per heavy atom. The number of carbonyl (C=O) groups excluding carboxylic acids is 1. The Labute approximate surface area is 102 Å². The molecule has 0 aliphatic carbocycles. The van der Waals surface area contributed by atoms with Crippen molar-refractivity contribution >= 4 is 22.8 Å². The third-order valence-electron chi connectivity index (χ3n) is 2.28. The molecule has 3 nitrogen and oxygen atoms in total. The van der Waals surface area contributed by atoms with Crippen LogP contribution in [0.2, 0.25) is 0 Å². The van der Waals surface area contributed by atoms with Gasteiger partial charge in [0.2, 0.25) is 0 Å². The smallest absolute Gasteiger partial charge is 0.303 e. The van der Waals surface area contributed by atoms with Crippen molar-refractivity contribution in [3.05, 3.63) is 0 Å². The number of rotatable bonds is 9. The Morgan fingerprint density at radius 3 is 2.31 bits per heavy atom. The minimum absolute atomic E-state index is 0.211. The van der Waals surface area contributed by atoms with Gasteiger partial charge in [0, 0.05) is 18.1 Å². The standard InChI is InChI=1S/C12H22O3S/c1-3-6-10(8-5-9-11(13)14)16-12(15)7-4-2/h10H,3-9H2,1-2H3,(H,13,14). The summed E-state index contributed by atoms with van der Waals surface area (Å²) >= 11 is 1.41. The maximum absolute atomic E-state index is 11.5. The lowest BCUT2D eigenvalue weighted by Gasteiger charge is -2.13. The van der Waals surface area contributed by atoms with Gasteiger partial charge in [0.05, 0.1) is 0 Å². The summed E-state index contributed by atoms with van der Waals surface area (Å²) in [6.45, 7) is 4.09. The molecule has 0 heterocycles. The fourth-order valence-corrected chi connectivity index (χ4v) is 2.85. The molecule has 0 radical (unpaired) electrons. The summed E-state index contributed by atoms with van der Waals surface area (Å²) in [4.78, 5) is 21.9. The Kier molecular flexibility index (Phi) is 9.39. The molecule has 0 amide bonds. The molecular weight excluding hydrogens is 224 g/mol. The van der Waals surface area contributed by atoms with E-state index in [1.807, 2.05) is 6.92 Å². The fraction of sp³-hybridized carbons (Fsp3) is 0.833. The zero-order chi connectivity index (χ0) is 12.4. The number of aliphatic carboxylic acids is 1. The monoisotopic (exact) mass is 246 g/mol. The van der Waals surface area contributed by atoms with Gasteiger partial charge in [0.15, 0.2) is 5.12 Å². The molecule has 0 rings (SSSR count). The van der Waals surface area contributed by atoms with Crippen LogP contribution in [0.5, 0.6) is 0 Å². The van der Waals surface area contributed by atoms with Gasteiger partial charge in [-0.05, 0) is 25.7 Å². The molecule has 94 valence electrons. The summed E-state index contributed by atoms with van der Waals surface area (Å²) in [7, 11) is 0. The number of carboxylic acids is 1. The fourth-order valence-electron chi connectivity index (χ4n) is 1.51. The molecule has 0 saturated heterocycles. The maximum Gasteiger partial charge on any atom is 0.303 e. The third kappa shape index (κ3) is 8.77. The Balaban J connectivity index is 3.86. The average molecular weight is 246 g/mol. The molecule has 0 fully saturated rings. The molecule has 0 aromatic heterocycles. The molecule has 1 N–H and O–H groups in total. The van der Waals surface area contributed by atoms with Gasteiger partial charge in [-0.15, -0.1) is 0 Å². The van der Waals surface area contributed by atoms with E-state index in [1.54, 1.807) is 0 Å². The normalized spacial score (nSPS) is 12.4. The maximum atomic E-state index is 11.5. The molecule has 0 spiro atoms. The summed E-state index contributed by atoms with van der Waals surface area (Å²) in [6, 6.07) is 0. The number of thioether (sulfide) groups is 1. The van der Waals surface area contributed by atoms with Crippen LogP contribution in [0.15, 0.2) is 0 Å². The minimum Gasteiger partial charge on any atom is -0.481 e. The molecule has 4 heteroatoms. The molecule has 0 aromatic rings. The SMILES string of the molecule is CCCC(=O)SC(CCC)CCCC(=O)O. The summed E-state index contributed by atoms with van der Waals surface area (Å²) in [5, 5.41) is 9.10. The van der Waals surface area contributed by atoms with E-state index >= 15 is 0 Å². The van der Waals surface area contributed by atoms with Crippen molar-refractivity contribution < 1.29 is 14.7 Å². The molecule has 16 heavy (non-hydrogen) atoms. The van der Waals surface area contributed by atoms with E-state index in [0.29, 0.717) is 18.1 Å². The Hall–Kier alpha value is -0.510. The van der Waals surface area contributed by atoms with E-state index in [1.165, 1.54) is 11.8 Å². The molecule has 0 aliphatic heterocycles. The highest BCUT2D eigenvalue weighted by atomic mass is 32.2. The van der Waals surface area contributed by atoms with Gasteiger partial charge in [-0.25, -0.2) is 0 Å². The zero-order valence-electron chi connectivity index (χ0n) is 10.2. The van der Waals surface area contributed by atoms with Crippen LogP contribution in [0.1, 0.15) is 58.8 Å². The van der Waals surface area contributed by atoms with E-state index in [4.69, 9.17) is 5.11 Å². The van der Waals surface area contributed by atoms with Crippen LogP contribution in [0.3, 0.4) is 0 Å². The highest BCUT2D eigenvalue weighted by Crippen LogP contribution is 2.24. The van der Waals surface area contributed by atoms with Crippen LogP contribution < -0.4 is 0 Å². The number of carboxylic acid groups (broad SMARTS) is 1. The number of hydrogen-bond acceptors (Lipinski definition) is 3. The number of hydrogen-bond donors (Lipinski definition) is 1. The largest absolute Gasteiger partial charge is 0.481 e. The van der Waals surface area contributed by atoms with Crippen LogP contribution >= 0.6 is 11.8 Å². The highest BCUT2D eigenvalue weighted by Gasteiger charge is 2.13. The van der Waals surface area contributed by atoms with Crippen molar-refractivity contribution in [3.8, 4) is 0 Å². The topological polar surface area (TPSA) is 54.4 Å². The second-order valence-corrected chi connectivity index (χ2v) is 5.29. The summed E-state index contributed by atoms with van der Waals surface area (Å²) in [6.07, 6.45) is 5.28. The van der Waals surface area contributed by atoms with Crippen LogP contribution in [0, 0.1) is 0 Å². The van der Waals surface area contributed by atoms with Gasteiger partial charge in [-0.2, -0.15) is 0 Å². The molecule has 0 bridgehead atoms. The molecular formula is C12H22O3S. The number of carbonyl (C=O) groups is 2. The van der Waals surface area contributed by atoms with Gasteiger partial charge in [0.1, 0.15) is 0 Å². The molecule has 0 aromatic carbocycles. The first-order valence-electron chi connectivity index (χ1n) is 6.01. The predicted molar refractivity (Wildman–Crippen MR) is 67.7 cm³/mol. The van der Waals surface area contributed by atoms with Gasteiger partial charge in [0.25, 0.3) is 0 Å². The first-order chi connectivity index (χ1) is 7.60. The molecule has 0 saturated carbocycles. The van der Waals surface area contributed by atoms with Crippen molar-refractivity contribution in [2.45, 2.75) is 64.0 Å². The van der Waals surface area contributed by atoms with Crippen LogP contribution in [-0.2, 0) is 9.59 Å². The van der Waals surface area contributed by atoms with Crippen LogP contribution in [0.25, 0.3) is 0 Å². The first kappa shape index (κ1) is 15.5. The first-order valence-corrected chi connectivity index (χ1v) is 6.89. The third-order valence-corrected chi connectivity index (χ3v) is 3.55. The lowest BCUT2D eigenvalue weighted by molar-refractivity contribution is -0.137. The van der Waals surface area contributed by atoms with Gasteiger partial charge >= 0.3 is 5.97 Å². The second kappa shape index (κ2) is 9.70. The van der Waals surface area contributed by atoms with E-state index < -0.39 is 5.97 Å². The molecule has 1 unspecified atom stereocenters. The molecule has 1 atom stereocenters. The van der Waals surface area contributed by atoms with Gasteiger partial charge in [-0.3, -0.25) is 9.59 Å². The van der Waals surface area contributed by atoms with Crippen LogP contribution in [0.4, 0.5) is 0 Å². The average Bonchev–Trinajstić information content (AvgIpc) is 2.17. The van der Waals surface area contributed by atoms with E-state index in [9.17, 15) is 9.59 Å². The van der Waals surface area contributed by atoms with Gasteiger partial charge in [-0.1, -0.05) is 32.0 Å². The van der Waals surface area contributed by atoms with Crippen molar-refractivity contribution in [1.29, 1.82) is 0 Å². The second-order valence-electron chi connectivity index (χ2n) is 3.94. The van der Waals surface area contributed by atoms with E-state index in [-0.39, 0.29) is 11.5 Å². The van der Waals surface area contributed by atoms with Gasteiger partial charge < -0.3 is 5.11 Å². The lowest BCUT2D eigenvalue weighted by atomic mass is 10.1. The Morgan fingerprint density at radius 2 is 1.81 bits per heavy atom. The van der Waals surface area contributed by atoms with E-state index in [0.717, 1.165) is 25.7 Å². The van der Waals surface area contributed by atoms with Crippen molar-refractivity contribution in [3.63, 3.8) is 0 Å². The predicted octanol–water partition coefficient (Wildman–Crippen LogP) is 3.47. The zero-order valence-corrected chi connectivity index (χ0v) is 11.0.